The molecule has 0 saturated carbocycles. The maximum atomic E-state index is 10.1. The molecule has 1 atom stereocenters. The number of aliphatic hydroxyl groups is 2. The standard InChI is InChI=1S/C11H24O3/c1-6-14-8-11(4,5)9(13)10(2,3)7-12/h9,12-13H,6-8H2,1-5H3. The fourth-order valence-corrected chi connectivity index (χ4v) is 1.59. The van der Waals surface area contributed by atoms with Crippen molar-refractivity contribution in [2.45, 2.75) is 40.7 Å². The molecule has 0 radical (unpaired) electrons. The number of hydrogen-bond donors (Lipinski definition) is 2. The molecule has 0 aliphatic rings. The van der Waals surface area contributed by atoms with Crippen LogP contribution >= 0.6 is 0 Å². The van der Waals surface area contributed by atoms with Gasteiger partial charge < -0.3 is 14.9 Å². The van der Waals surface area contributed by atoms with Crippen LogP contribution < -0.4 is 0 Å². The van der Waals surface area contributed by atoms with E-state index in [4.69, 9.17) is 9.84 Å². The molecule has 14 heavy (non-hydrogen) atoms. The van der Waals surface area contributed by atoms with Gasteiger partial charge in [-0.2, -0.15) is 0 Å². The number of ether oxygens (including phenoxy) is 1. The monoisotopic (exact) mass is 204 g/mol. The smallest absolute Gasteiger partial charge is 0.0685 e. The van der Waals surface area contributed by atoms with E-state index >= 15 is 0 Å². The molecule has 0 aliphatic heterocycles. The normalized spacial score (nSPS) is 15.6. The van der Waals surface area contributed by atoms with Crippen LogP contribution in [0.25, 0.3) is 0 Å². The summed E-state index contributed by atoms with van der Waals surface area (Å²) in [5.41, 5.74) is -0.817. The van der Waals surface area contributed by atoms with Crippen LogP contribution in [-0.2, 0) is 4.74 Å². The Labute approximate surface area is 87.1 Å². The van der Waals surface area contributed by atoms with Gasteiger partial charge in [-0.15, -0.1) is 0 Å². The van der Waals surface area contributed by atoms with E-state index in [1.54, 1.807) is 0 Å². The predicted molar refractivity (Wildman–Crippen MR) is 57.1 cm³/mol. The van der Waals surface area contributed by atoms with Crippen LogP contribution in [0.4, 0.5) is 0 Å². The van der Waals surface area contributed by atoms with Gasteiger partial charge in [-0.05, 0) is 6.92 Å². The minimum absolute atomic E-state index is 0.0241. The molecule has 1 unspecified atom stereocenters. The zero-order valence-corrected chi connectivity index (χ0v) is 10.0. The lowest BCUT2D eigenvalue weighted by Crippen LogP contribution is -2.46. The van der Waals surface area contributed by atoms with Crippen LogP contribution in [-0.4, -0.2) is 36.1 Å². The van der Waals surface area contributed by atoms with Gasteiger partial charge in [0.2, 0.25) is 0 Å². The van der Waals surface area contributed by atoms with Gasteiger partial charge in [-0.1, -0.05) is 27.7 Å². The summed E-state index contributed by atoms with van der Waals surface area (Å²) in [6, 6.07) is 0. The molecule has 0 fully saturated rings. The third kappa shape index (κ3) is 3.56. The summed E-state index contributed by atoms with van der Waals surface area (Å²) in [7, 11) is 0. The van der Waals surface area contributed by atoms with Crippen molar-refractivity contribution in [2.75, 3.05) is 19.8 Å². The molecule has 0 rings (SSSR count). The van der Waals surface area contributed by atoms with Crippen molar-refractivity contribution in [3.8, 4) is 0 Å². The molecule has 0 aliphatic carbocycles. The van der Waals surface area contributed by atoms with E-state index in [9.17, 15) is 5.11 Å². The molecule has 0 saturated heterocycles. The van der Waals surface area contributed by atoms with E-state index in [0.717, 1.165) is 0 Å². The van der Waals surface area contributed by atoms with E-state index in [0.29, 0.717) is 13.2 Å². The van der Waals surface area contributed by atoms with Gasteiger partial charge in [0.1, 0.15) is 0 Å². The quantitative estimate of drug-likeness (QED) is 0.688. The van der Waals surface area contributed by atoms with Gasteiger partial charge >= 0.3 is 0 Å². The molecule has 86 valence electrons. The third-order valence-electron chi connectivity index (χ3n) is 2.57. The van der Waals surface area contributed by atoms with E-state index in [1.165, 1.54) is 0 Å². The summed E-state index contributed by atoms with van der Waals surface area (Å²) in [5, 5.41) is 19.2. The average molecular weight is 204 g/mol. The van der Waals surface area contributed by atoms with Crippen LogP contribution in [0.2, 0.25) is 0 Å². The Morgan fingerprint density at radius 2 is 1.64 bits per heavy atom. The molecule has 0 amide bonds. The molecule has 2 N–H and O–H groups in total. The van der Waals surface area contributed by atoms with Crippen LogP contribution in [0.5, 0.6) is 0 Å². The largest absolute Gasteiger partial charge is 0.396 e. The van der Waals surface area contributed by atoms with Crippen molar-refractivity contribution in [3.05, 3.63) is 0 Å². The first-order chi connectivity index (χ1) is 6.28. The zero-order chi connectivity index (χ0) is 11.4. The predicted octanol–water partition coefficient (Wildman–Crippen LogP) is 1.43. The summed E-state index contributed by atoms with van der Waals surface area (Å²) in [6.45, 7) is 10.7. The first-order valence-corrected chi connectivity index (χ1v) is 5.14. The third-order valence-corrected chi connectivity index (χ3v) is 2.57. The summed E-state index contributed by atoms with van der Waals surface area (Å²) >= 11 is 0. The zero-order valence-electron chi connectivity index (χ0n) is 10.0. The van der Waals surface area contributed by atoms with Gasteiger partial charge in [0.15, 0.2) is 0 Å². The number of aliphatic hydroxyl groups excluding tert-OH is 2. The van der Waals surface area contributed by atoms with E-state index < -0.39 is 11.5 Å². The summed E-state index contributed by atoms with van der Waals surface area (Å²) < 4.78 is 5.32. The lowest BCUT2D eigenvalue weighted by atomic mass is 9.73. The Kier molecular flexibility index (Phi) is 5.06. The molecule has 0 aromatic rings. The average Bonchev–Trinajstić information content (AvgIpc) is 2.13. The van der Waals surface area contributed by atoms with Crippen LogP contribution in [0.1, 0.15) is 34.6 Å². The SMILES string of the molecule is CCOCC(C)(C)C(O)C(C)(C)CO. The van der Waals surface area contributed by atoms with Gasteiger partial charge in [-0.25, -0.2) is 0 Å². The van der Waals surface area contributed by atoms with Crippen molar-refractivity contribution in [1.29, 1.82) is 0 Å². The summed E-state index contributed by atoms with van der Waals surface area (Å²) in [5.74, 6) is 0. The second kappa shape index (κ2) is 5.10. The highest BCUT2D eigenvalue weighted by molar-refractivity contribution is 4.88. The minimum Gasteiger partial charge on any atom is -0.396 e. The van der Waals surface area contributed by atoms with Crippen molar-refractivity contribution in [2.24, 2.45) is 10.8 Å². The van der Waals surface area contributed by atoms with Gasteiger partial charge in [0.25, 0.3) is 0 Å². The van der Waals surface area contributed by atoms with Gasteiger partial charge in [0.05, 0.1) is 19.3 Å². The molecule has 0 spiro atoms. The maximum absolute atomic E-state index is 10.1. The Morgan fingerprint density at radius 3 is 2.00 bits per heavy atom. The Hall–Kier alpha value is -0.120. The Bertz CT molecular complexity index is 164. The van der Waals surface area contributed by atoms with Crippen molar-refractivity contribution < 1.29 is 14.9 Å². The first kappa shape index (κ1) is 13.9. The first-order valence-electron chi connectivity index (χ1n) is 5.14. The summed E-state index contributed by atoms with van der Waals surface area (Å²) in [6.07, 6.45) is -0.577. The summed E-state index contributed by atoms with van der Waals surface area (Å²) in [4.78, 5) is 0. The lowest BCUT2D eigenvalue weighted by molar-refractivity contribution is -0.0937. The topological polar surface area (TPSA) is 49.7 Å². The molecule has 0 aromatic carbocycles. The van der Waals surface area contributed by atoms with E-state index in [1.807, 2.05) is 34.6 Å². The second-order valence-corrected chi connectivity index (χ2v) is 5.17. The van der Waals surface area contributed by atoms with Crippen LogP contribution in [0.15, 0.2) is 0 Å². The van der Waals surface area contributed by atoms with E-state index in [2.05, 4.69) is 0 Å². The lowest BCUT2D eigenvalue weighted by Gasteiger charge is -2.39. The maximum Gasteiger partial charge on any atom is 0.0685 e. The fraction of sp³-hybridized carbons (Fsp3) is 1.00. The highest BCUT2D eigenvalue weighted by Gasteiger charge is 2.39. The molecule has 3 nitrogen and oxygen atoms in total. The van der Waals surface area contributed by atoms with Crippen LogP contribution in [0, 0.1) is 10.8 Å². The van der Waals surface area contributed by atoms with E-state index in [-0.39, 0.29) is 12.0 Å². The molecule has 0 heterocycles. The van der Waals surface area contributed by atoms with Crippen molar-refractivity contribution in [3.63, 3.8) is 0 Å². The molecule has 3 heteroatoms. The van der Waals surface area contributed by atoms with Gasteiger partial charge in [0, 0.05) is 17.4 Å². The highest BCUT2D eigenvalue weighted by Crippen LogP contribution is 2.33. The Balaban J connectivity index is 4.40. The minimum atomic E-state index is -0.577. The Morgan fingerprint density at radius 1 is 1.14 bits per heavy atom. The number of hydrogen-bond acceptors (Lipinski definition) is 3. The highest BCUT2D eigenvalue weighted by atomic mass is 16.5. The van der Waals surface area contributed by atoms with Crippen LogP contribution in [0.3, 0.4) is 0 Å². The molecule has 0 bridgehead atoms. The van der Waals surface area contributed by atoms with Crippen molar-refractivity contribution >= 4 is 0 Å². The molecule has 0 aromatic heterocycles. The molecular formula is C11H24O3. The molecular weight excluding hydrogens is 180 g/mol. The van der Waals surface area contributed by atoms with Crippen molar-refractivity contribution in [1.82, 2.24) is 0 Å². The fourth-order valence-electron chi connectivity index (χ4n) is 1.59. The second-order valence-electron chi connectivity index (χ2n) is 5.17. The van der Waals surface area contributed by atoms with Gasteiger partial charge in [-0.3, -0.25) is 0 Å². The number of rotatable bonds is 6.